The molecule has 1 aliphatic rings. The van der Waals surface area contributed by atoms with Crippen molar-refractivity contribution in [1.29, 1.82) is 0 Å². The molecule has 4 rings (SSSR count). The zero-order chi connectivity index (χ0) is 19.2. The second kappa shape index (κ2) is 6.53. The van der Waals surface area contributed by atoms with Gasteiger partial charge in [-0.15, -0.1) is 0 Å². The molecule has 7 nitrogen and oxygen atoms in total. The molecule has 0 unspecified atom stereocenters. The van der Waals surface area contributed by atoms with Crippen molar-refractivity contribution in [3.63, 3.8) is 0 Å². The Morgan fingerprint density at radius 1 is 1.15 bits per heavy atom. The zero-order valence-electron chi connectivity index (χ0n) is 15.6. The Bertz CT molecular complexity index is 1090. The lowest BCUT2D eigenvalue weighted by molar-refractivity contribution is 0.589. The highest BCUT2D eigenvalue weighted by molar-refractivity contribution is 7.90. The van der Waals surface area contributed by atoms with Crippen LogP contribution in [0.2, 0.25) is 0 Å². The summed E-state index contributed by atoms with van der Waals surface area (Å²) in [6, 6.07) is 8.84. The van der Waals surface area contributed by atoms with Gasteiger partial charge in [-0.25, -0.2) is 12.4 Å². The van der Waals surface area contributed by atoms with Gasteiger partial charge in [0.2, 0.25) is 5.95 Å². The van der Waals surface area contributed by atoms with Crippen LogP contribution < -0.4 is 10.6 Å². The van der Waals surface area contributed by atoms with Crippen molar-refractivity contribution >= 4 is 32.8 Å². The van der Waals surface area contributed by atoms with E-state index in [0.29, 0.717) is 28.7 Å². The summed E-state index contributed by atoms with van der Waals surface area (Å²) in [5.74, 6) is 1.68. The number of nitrogens with zero attached hydrogens (tertiary/aromatic N) is 3. The van der Waals surface area contributed by atoms with Crippen molar-refractivity contribution in [2.24, 2.45) is 5.92 Å². The van der Waals surface area contributed by atoms with Crippen LogP contribution in [0.1, 0.15) is 25.3 Å². The van der Waals surface area contributed by atoms with Crippen molar-refractivity contribution in [3.8, 4) is 0 Å². The first-order chi connectivity index (χ1) is 12.9. The molecule has 1 fully saturated rings. The Morgan fingerprint density at radius 2 is 1.85 bits per heavy atom. The number of hydrogen-bond donors (Lipinski definition) is 2. The van der Waals surface area contributed by atoms with Crippen LogP contribution in [0.4, 0.5) is 11.8 Å². The first kappa shape index (κ1) is 17.8. The van der Waals surface area contributed by atoms with Crippen molar-refractivity contribution in [1.82, 2.24) is 13.9 Å². The van der Waals surface area contributed by atoms with E-state index >= 15 is 0 Å². The third-order valence-corrected chi connectivity index (χ3v) is 6.69. The first-order valence-electron chi connectivity index (χ1n) is 9.06. The van der Waals surface area contributed by atoms with E-state index in [1.165, 1.54) is 16.8 Å². The van der Waals surface area contributed by atoms with Crippen LogP contribution >= 0.6 is 0 Å². The van der Waals surface area contributed by atoms with Crippen molar-refractivity contribution in [3.05, 3.63) is 42.1 Å². The Morgan fingerprint density at radius 3 is 2.48 bits per heavy atom. The van der Waals surface area contributed by atoms with E-state index in [1.54, 1.807) is 43.6 Å². The largest absolute Gasteiger partial charge is 0.367 e. The summed E-state index contributed by atoms with van der Waals surface area (Å²) in [7, 11) is -2.02. The fourth-order valence-electron chi connectivity index (χ4n) is 3.16. The van der Waals surface area contributed by atoms with Crippen LogP contribution in [0.3, 0.4) is 0 Å². The van der Waals surface area contributed by atoms with E-state index in [0.717, 1.165) is 5.56 Å². The Hall–Kier alpha value is -2.61. The minimum atomic E-state index is -3.74. The predicted molar refractivity (Wildman–Crippen MR) is 107 cm³/mol. The van der Waals surface area contributed by atoms with E-state index in [1.807, 2.05) is 6.92 Å². The highest BCUT2D eigenvalue weighted by Crippen LogP contribution is 2.35. The number of aromatic nitrogens is 3. The average molecular weight is 385 g/mol. The van der Waals surface area contributed by atoms with Gasteiger partial charge in [0.1, 0.15) is 5.82 Å². The third-order valence-electron chi connectivity index (χ3n) is 5.01. The molecule has 1 aromatic carbocycles. The molecule has 1 saturated carbocycles. The van der Waals surface area contributed by atoms with E-state index < -0.39 is 10.0 Å². The molecule has 8 heteroatoms. The quantitative estimate of drug-likeness (QED) is 0.677. The van der Waals surface area contributed by atoms with Gasteiger partial charge in [-0.2, -0.15) is 9.97 Å². The fraction of sp³-hybridized carbons (Fsp3) is 0.368. The molecule has 1 aliphatic carbocycles. The summed E-state index contributed by atoms with van der Waals surface area (Å²) in [5.41, 5.74) is 1.37. The molecule has 3 aromatic rings. The molecular weight excluding hydrogens is 362 g/mol. The Labute approximate surface area is 158 Å². The van der Waals surface area contributed by atoms with Gasteiger partial charge < -0.3 is 10.6 Å². The number of fused-ring (bicyclic) bond motifs is 1. The van der Waals surface area contributed by atoms with Gasteiger partial charge in [-0.3, -0.25) is 0 Å². The average Bonchev–Trinajstić information content (AvgIpc) is 3.41. The summed E-state index contributed by atoms with van der Waals surface area (Å²) in [6.45, 7) is 4.05. The highest BCUT2D eigenvalue weighted by Gasteiger charge is 2.29. The summed E-state index contributed by atoms with van der Waals surface area (Å²) >= 11 is 0. The van der Waals surface area contributed by atoms with Crippen LogP contribution in [0.5, 0.6) is 0 Å². The van der Waals surface area contributed by atoms with Crippen LogP contribution in [-0.2, 0) is 10.0 Å². The van der Waals surface area contributed by atoms with Crippen LogP contribution in [-0.4, -0.2) is 35.4 Å². The number of anilines is 2. The molecule has 0 saturated heterocycles. The van der Waals surface area contributed by atoms with Gasteiger partial charge in [-0.05, 0) is 50.8 Å². The van der Waals surface area contributed by atoms with Gasteiger partial charge >= 0.3 is 0 Å². The second-order valence-corrected chi connectivity index (χ2v) is 8.90. The molecule has 2 N–H and O–H groups in total. The lowest BCUT2D eigenvalue weighted by Gasteiger charge is -2.15. The van der Waals surface area contributed by atoms with E-state index in [2.05, 4.69) is 27.5 Å². The maximum absolute atomic E-state index is 13.1. The standard InChI is InChI=1S/C19H23N5O2S/c1-12-4-8-15(9-5-12)27(25,26)24-11-10-16-17(21-13(2)14-6-7-14)22-19(20-3)23-18(16)24/h4-5,8-11,13-14H,6-7H2,1-3H3,(H2,20,21,22,23)/t13-/m0/s1. The lowest BCUT2D eigenvalue weighted by Crippen LogP contribution is -2.19. The first-order valence-corrected chi connectivity index (χ1v) is 10.5. The molecule has 27 heavy (non-hydrogen) atoms. The van der Waals surface area contributed by atoms with Crippen molar-refractivity contribution < 1.29 is 8.42 Å². The predicted octanol–water partition coefficient (Wildman–Crippen LogP) is 3.23. The second-order valence-electron chi connectivity index (χ2n) is 7.08. The maximum Gasteiger partial charge on any atom is 0.269 e. The van der Waals surface area contributed by atoms with Gasteiger partial charge in [0.05, 0.1) is 10.3 Å². The maximum atomic E-state index is 13.1. The SMILES string of the molecule is CNc1nc(N[C@@H](C)C2CC2)c2ccn(S(=O)(=O)c3ccc(C)cc3)c2n1. The Kier molecular flexibility index (Phi) is 4.30. The minimum Gasteiger partial charge on any atom is -0.367 e. The monoisotopic (exact) mass is 385 g/mol. The number of benzene rings is 1. The molecule has 1 atom stereocenters. The smallest absolute Gasteiger partial charge is 0.269 e. The highest BCUT2D eigenvalue weighted by atomic mass is 32.2. The molecule has 0 spiro atoms. The number of rotatable bonds is 6. The topological polar surface area (TPSA) is 88.9 Å². The van der Waals surface area contributed by atoms with Crippen molar-refractivity contribution in [2.75, 3.05) is 17.7 Å². The zero-order valence-corrected chi connectivity index (χ0v) is 16.4. The molecule has 2 aromatic heterocycles. The van der Waals surface area contributed by atoms with Crippen molar-refractivity contribution in [2.45, 2.75) is 37.6 Å². The van der Waals surface area contributed by atoms with Gasteiger partial charge in [0.15, 0.2) is 5.65 Å². The van der Waals surface area contributed by atoms with Crippen LogP contribution in [0.25, 0.3) is 11.0 Å². The molecule has 0 radical (unpaired) electrons. The molecule has 0 amide bonds. The van der Waals surface area contributed by atoms with Crippen LogP contribution in [0.15, 0.2) is 41.4 Å². The summed E-state index contributed by atoms with van der Waals surface area (Å²) in [4.78, 5) is 9.15. The number of aryl methyl sites for hydroxylation is 1. The summed E-state index contributed by atoms with van der Waals surface area (Å²) < 4.78 is 27.5. The molecule has 142 valence electrons. The number of nitrogens with one attached hydrogen (secondary N) is 2. The van der Waals surface area contributed by atoms with E-state index in [9.17, 15) is 8.42 Å². The molecule has 0 bridgehead atoms. The number of hydrogen-bond acceptors (Lipinski definition) is 6. The lowest BCUT2D eigenvalue weighted by atomic mass is 10.2. The van der Waals surface area contributed by atoms with Crippen LogP contribution in [0, 0.1) is 12.8 Å². The van der Waals surface area contributed by atoms with E-state index in [-0.39, 0.29) is 10.9 Å². The van der Waals surface area contributed by atoms with E-state index in [4.69, 9.17) is 0 Å². The Balaban J connectivity index is 1.83. The van der Waals surface area contributed by atoms with Gasteiger partial charge in [0, 0.05) is 19.3 Å². The molecule has 0 aliphatic heterocycles. The van der Waals surface area contributed by atoms with Gasteiger partial charge in [0.25, 0.3) is 10.0 Å². The van der Waals surface area contributed by atoms with Gasteiger partial charge in [-0.1, -0.05) is 17.7 Å². The molecule has 2 heterocycles. The minimum absolute atomic E-state index is 0.232. The summed E-state index contributed by atoms with van der Waals surface area (Å²) in [5, 5.41) is 7.05. The summed E-state index contributed by atoms with van der Waals surface area (Å²) in [6.07, 6.45) is 3.97. The normalized spacial score (nSPS) is 15.7. The fourth-order valence-corrected chi connectivity index (χ4v) is 4.46. The third kappa shape index (κ3) is 3.25. The molecular formula is C19H23N5O2S.